The van der Waals surface area contributed by atoms with Gasteiger partial charge in [-0.15, -0.1) is 0 Å². The van der Waals surface area contributed by atoms with Crippen LogP contribution in [0.25, 0.3) is 0 Å². The van der Waals surface area contributed by atoms with Crippen LogP contribution in [-0.4, -0.2) is 6.54 Å². The van der Waals surface area contributed by atoms with Gasteiger partial charge in [-0.3, -0.25) is 0 Å². The molecular formula is C12H16BrN. The second-order valence-electron chi connectivity index (χ2n) is 4.31. The Hall–Kier alpha value is -0.340. The van der Waals surface area contributed by atoms with Crippen LogP contribution in [0.2, 0.25) is 0 Å². The lowest BCUT2D eigenvalue weighted by Gasteiger charge is -2.07. The Morgan fingerprint density at radius 3 is 2.36 bits per heavy atom. The molecule has 0 aliphatic heterocycles. The summed E-state index contributed by atoms with van der Waals surface area (Å²) >= 11 is 3.59. The Labute approximate surface area is 93.8 Å². The summed E-state index contributed by atoms with van der Waals surface area (Å²) in [6.07, 6.45) is 1.27. The van der Waals surface area contributed by atoms with Crippen molar-refractivity contribution in [2.24, 2.45) is 11.7 Å². The van der Waals surface area contributed by atoms with Crippen molar-refractivity contribution in [3.05, 3.63) is 33.3 Å². The molecule has 14 heavy (non-hydrogen) atoms. The third-order valence-corrected chi connectivity index (χ3v) is 4.36. The maximum Gasteiger partial charge on any atom is 0.0233 e. The molecule has 2 N–H and O–H groups in total. The lowest BCUT2D eigenvalue weighted by Crippen LogP contribution is -2.02. The van der Waals surface area contributed by atoms with Crippen LogP contribution in [0.3, 0.4) is 0 Å². The Balaban J connectivity index is 2.28. The van der Waals surface area contributed by atoms with Crippen LogP contribution in [0.1, 0.15) is 29.0 Å². The molecule has 0 saturated heterocycles. The first-order chi connectivity index (χ1) is 6.63. The molecule has 1 fully saturated rings. The third-order valence-electron chi connectivity index (χ3n) is 3.11. The van der Waals surface area contributed by atoms with Gasteiger partial charge in [0.15, 0.2) is 0 Å². The van der Waals surface area contributed by atoms with E-state index in [1.807, 2.05) is 0 Å². The fourth-order valence-corrected chi connectivity index (χ4v) is 2.34. The molecule has 1 saturated carbocycles. The standard InChI is InChI=1S/C12H16BrN/c1-7-3-9(4-8(2)12(7)13)11-5-10(11)6-14/h3-4,10-11H,5-6,14H2,1-2H3. The van der Waals surface area contributed by atoms with E-state index in [0.29, 0.717) is 0 Å². The quantitative estimate of drug-likeness (QED) is 0.862. The van der Waals surface area contributed by atoms with E-state index in [2.05, 4.69) is 41.9 Å². The van der Waals surface area contributed by atoms with E-state index in [-0.39, 0.29) is 0 Å². The van der Waals surface area contributed by atoms with E-state index in [1.165, 1.54) is 27.6 Å². The van der Waals surface area contributed by atoms with E-state index in [1.54, 1.807) is 0 Å². The Kier molecular flexibility index (Phi) is 2.67. The zero-order valence-electron chi connectivity index (χ0n) is 8.68. The number of halogens is 1. The summed E-state index contributed by atoms with van der Waals surface area (Å²) in [5.74, 6) is 1.46. The van der Waals surface area contributed by atoms with E-state index in [4.69, 9.17) is 5.73 Å². The maximum atomic E-state index is 5.66. The number of hydrogen-bond donors (Lipinski definition) is 1. The molecule has 2 heteroatoms. The molecule has 2 rings (SSSR count). The van der Waals surface area contributed by atoms with Crippen LogP contribution >= 0.6 is 15.9 Å². The van der Waals surface area contributed by atoms with Crippen molar-refractivity contribution < 1.29 is 0 Å². The average molecular weight is 254 g/mol. The van der Waals surface area contributed by atoms with Gasteiger partial charge in [0.05, 0.1) is 0 Å². The molecular weight excluding hydrogens is 238 g/mol. The lowest BCUT2D eigenvalue weighted by atomic mass is 10.0. The SMILES string of the molecule is Cc1cc(C2CC2CN)cc(C)c1Br. The van der Waals surface area contributed by atoms with Gasteiger partial charge in [-0.1, -0.05) is 28.1 Å². The molecule has 0 radical (unpaired) electrons. The van der Waals surface area contributed by atoms with Gasteiger partial charge < -0.3 is 5.73 Å². The van der Waals surface area contributed by atoms with Crippen molar-refractivity contribution in [2.75, 3.05) is 6.54 Å². The molecule has 0 amide bonds. The molecule has 1 aliphatic carbocycles. The topological polar surface area (TPSA) is 26.0 Å². The van der Waals surface area contributed by atoms with Crippen LogP contribution in [0, 0.1) is 19.8 Å². The minimum absolute atomic E-state index is 0.727. The van der Waals surface area contributed by atoms with Crippen molar-refractivity contribution in [1.82, 2.24) is 0 Å². The van der Waals surface area contributed by atoms with Crippen molar-refractivity contribution in [2.45, 2.75) is 26.2 Å². The zero-order chi connectivity index (χ0) is 10.3. The number of benzene rings is 1. The van der Waals surface area contributed by atoms with Crippen LogP contribution < -0.4 is 5.73 Å². The minimum Gasteiger partial charge on any atom is -0.330 e. The highest BCUT2D eigenvalue weighted by atomic mass is 79.9. The summed E-state index contributed by atoms with van der Waals surface area (Å²) in [4.78, 5) is 0. The summed E-state index contributed by atoms with van der Waals surface area (Å²) in [5.41, 5.74) is 9.80. The summed E-state index contributed by atoms with van der Waals surface area (Å²) in [7, 11) is 0. The smallest absolute Gasteiger partial charge is 0.0233 e. The molecule has 2 unspecified atom stereocenters. The molecule has 0 spiro atoms. The molecule has 0 bridgehead atoms. The van der Waals surface area contributed by atoms with Crippen molar-refractivity contribution in [3.8, 4) is 0 Å². The highest BCUT2D eigenvalue weighted by Gasteiger charge is 2.37. The fraction of sp³-hybridized carbons (Fsp3) is 0.500. The van der Waals surface area contributed by atoms with Crippen LogP contribution in [0.5, 0.6) is 0 Å². The Morgan fingerprint density at radius 1 is 1.36 bits per heavy atom. The Morgan fingerprint density at radius 2 is 1.93 bits per heavy atom. The lowest BCUT2D eigenvalue weighted by molar-refractivity contribution is 0.809. The summed E-state index contributed by atoms with van der Waals surface area (Å²) in [6, 6.07) is 4.58. The van der Waals surface area contributed by atoms with Gasteiger partial charge in [-0.25, -0.2) is 0 Å². The first-order valence-electron chi connectivity index (χ1n) is 5.10. The normalized spacial score (nSPS) is 25.1. The number of nitrogens with two attached hydrogens (primary N) is 1. The Bertz CT molecular complexity index is 336. The van der Waals surface area contributed by atoms with Gasteiger partial charge in [0.25, 0.3) is 0 Å². The van der Waals surface area contributed by atoms with Gasteiger partial charge in [0.2, 0.25) is 0 Å². The molecule has 0 aromatic heterocycles. The molecule has 2 atom stereocenters. The van der Waals surface area contributed by atoms with E-state index in [9.17, 15) is 0 Å². The third kappa shape index (κ3) is 1.73. The second kappa shape index (κ2) is 3.67. The summed E-state index contributed by atoms with van der Waals surface area (Å²) in [6.45, 7) is 5.14. The van der Waals surface area contributed by atoms with Crippen LogP contribution in [0.15, 0.2) is 16.6 Å². The van der Waals surface area contributed by atoms with Crippen LogP contribution in [0.4, 0.5) is 0 Å². The summed E-state index contributed by atoms with van der Waals surface area (Å²) in [5, 5.41) is 0. The van der Waals surface area contributed by atoms with Gasteiger partial charge in [0, 0.05) is 4.47 Å². The summed E-state index contributed by atoms with van der Waals surface area (Å²) < 4.78 is 1.24. The highest BCUT2D eigenvalue weighted by Crippen LogP contribution is 2.47. The molecule has 1 aromatic carbocycles. The fourth-order valence-electron chi connectivity index (χ4n) is 2.11. The molecule has 0 heterocycles. The van der Waals surface area contributed by atoms with Crippen molar-refractivity contribution in [3.63, 3.8) is 0 Å². The number of hydrogen-bond acceptors (Lipinski definition) is 1. The zero-order valence-corrected chi connectivity index (χ0v) is 10.3. The monoisotopic (exact) mass is 253 g/mol. The van der Waals surface area contributed by atoms with Crippen molar-refractivity contribution >= 4 is 15.9 Å². The molecule has 76 valence electrons. The van der Waals surface area contributed by atoms with E-state index >= 15 is 0 Å². The molecule has 1 aromatic rings. The van der Waals surface area contributed by atoms with E-state index in [0.717, 1.165) is 18.4 Å². The van der Waals surface area contributed by atoms with Gasteiger partial charge in [-0.05, 0) is 55.3 Å². The predicted molar refractivity (Wildman–Crippen MR) is 63.5 cm³/mol. The van der Waals surface area contributed by atoms with Crippen molar-refractivity contribution in [1.29, 1.82) is 0 Å². The largest absolute Gasteiger partial charge is 0.330 e. The molecule has 1 aliphatic rings. The first-order valence-corrected chi connectivity index (χ1v) is 5.89. The van der Waals surface area contributed by atoms with Crippen LogP contribution in [-0.2, 0) is 0 Å². The highest BCUT2D eigenvalue weighted by molar-refractivity contribution is 9.10. The van der Waals surface area contributed by atoms with Gasteiger partial charge >= 0.3 is 0 Å². The first kappa shape index (κ1) is 10.2. The molecule has 1 nitrogen and oxygen atoms in total. The average Bonchev–Trinajstić information content (AvgIpc) is 2.92. The van der Waals surface area contributed by atoms with Gasteiger partial charge in [-0.2, -0.15) is 0 Å². The van der Waals surface area contributed by atoms with E-state index < -0.39 is 0 Å². The predicted octanol–water partition coefficient (Wildman–Crippen LogP) is 3.13. The van der Waals surface area contributed by atoms with Gasteiger partial charge in [0.1, 0.15) is 0 Å². The maximum absolute atomic E-state index is 5.66. The number of rotatable bonds is 2. The second-order valence-corrected chi connectivity index (χ2v) is 5.10. The minimum atomic E-state index is 0.727. The number of aryl methyl sites for hydroxylation is 2.